The number of para-hydroxylation sites is 1. The molecule has 3 N–H and O–H groups in total. The van der Waals surface area contributed by atoms with Crippen LogP contribution in [0.1, 0.15) is 22.8 Å². The van der Waals surface area contributed by atoms with E-state index in [1.54, 1.807) is 12.1 Å². The van der Waals surface area contributed by atoms with Crippen LogP contribution < -0.4 is 10.6 Å². The first-order valence-corrected chi connectivity index (χ1v) is 10.2. The number of carbonyl (C=O) groups is 1. The van der Waals surface area contributed by atoms with Gasteiger partial charge in [-0.15, -0.1) is 24.0 Å². The van der Waals surface area contributed by atoms with Crippen molar-refractivity contribution in [1.82, 2.24) is 25.3 Å². The van der Waals surface area contributed by atoms with Crippen molar-refractivity contribution in [2.24, 2.45) is 4.99 Å². The number of nitrogens with one attached hydrogen (secondary N) is 2. The van der Waals surface area contributed by atoms with Gasteiger partial charge in [0.05, 0.1) is 18.4 Å². The molecule has 2 aromatic carbocycles. The fraction of sp³-hybridized carbons (Fsp3) is 0.261. The number of phenolic OH excluding ortho intramolecular Hbond substituents is 1. The summed E-state index contributed by atoms with van der Waals surface area (Å²) in [6.45, 7) is 4.27. The lowest BCUT2D eigenvalue weighted by molar-refractivity contribution is 0.0955. The Morgan fingerprint density at radius 1 is 1.12 bits per heavy atom. The third kappa shape index (κ3) is 7.26. The smallest absolute Gasteiger partial charge is 0.251 e. The highest BCUT2D eigenvalue weighted by atomic mass is 127. The minimum Gasteiger partial charge on any atom is -0.508 e. The molecule has 1 aromatic heterocycles. The average Bonchev–Trinajstić information content (AvgIpc) is 3.25. The van der Waals surface area contributed by atoms with E-state index in [0.29, 0.717) is 25.2 Å². The summed E-state index contributed by atoms with van der Waals surface area (Å²) in [4.78, 5) is 18.8. The van der Waals surface area contributed by atoms with E-state index in [1.807, 2.05) is 66.3 Å². The quantitative estimate of drug-likeness (QED) is 0.174. The van der Waals surface area contributed by atoms with Gasteiger partial charge in [-0.1, -0.05) is 18.2 Å². The molecule has 0 unspecified atom stereocenters. The first-order chi connectivity index (χ1) is 15.1. The van der Waals surface area contributed by atoms with Gasteiger partial charge in [-0.3, -0.25) is 9.79 Å². The summed E-state index contributed by atoms with van der Waals surface area (Å²) in [5.74, 6) is 0.699. The largest absolute Gasteiger partial charge is 0.508 e. The molecule has 8 nitrogen and oxygen atoms in total. The lowest BCUT2D eigenvalue weighted by atomic mass is 10.2. The highest BCUT2D eigenvalue weighted by molar-refractivity contribution is 14.0. The second-order valence-corrected chi connectivity index (χ2v) is 7.02. The number of rotatable bonds is 8. The zero-order valence-corrected chi connectivity index (χ0v) is 20.6. The van der Waals surface area contributed by atoms with Crippen LogP contribution in [-0.4, -0.2) is 58.3 Å². The minimum atomic E-state index is -0.193. The molecule has 0 aliphatic carbocycles. The molecular weight excluding hydrogens is 519 g/mol. The summed E-state index contributed by atoms with van der Waals surface area (Å²) in [6.07, 6.45) is 3.86. The molecule has 1 heterocycles. The Morgan fingerprint density at radius 3 is 2.53 bits per heavy atom. The molecule has 0 spiro atoms. The van der Waals surface area contributed by atoms with Crippen molar-refractivity contribution in [1.29, 1.82) is 0 Å². The van der Waals surface area contributed by atoms with Gasteiger partial charge in [0, 0.05) is 44.0 Å². The molecule has 0 radical (unpaired) electrons. The number of guanidine groups is 1. The molecule has 0 saturated carbocycles. The van der Waals surface area contributed by atoms with Crippen LogP contribution in [0.2, 0.25) is 0 Å². The zero-order valence-electron chi connectivity index (χ0n) is 18.2. The minimum absolute atomic E-state index is 0. The number of hydrogen-bond donors (Lipinski definition) is 3. The van der Waals surface area contributed by atoms with Crippen LogP contribution in [-0.2, 0) is 6.54 Å². The normalized spacial score (nSPS) is 10.9. The molecule has 32 heavy (non-hydrogen) atoms. The standard InChI is InChI=1S/C23H28N6O2.HI/c1-3-24-23(26-14-13-25-22(31)19-9-11-21(30)12-10-19)28(2)16-18-15-27-29(17-18)20-7-5-4-6-8-20;/h4-12,15,17,30H,3,13-14,16H2,1-2H3,(H,24,26)(H,25,31);1H. The second-order valence-electron chi connectivity index (χ2n) is 7.02. The van der Waals surface area contributed by atoms with Crippen LogP contribution in [0.25, 0.3) is 5.69 Å². The Labute approximate surface area is 205 Å². The maximum Gasteiger partial charge on any atom is 0.251 e. The van der Waals surface area contributed by atoms with Gasteiger partial charge in [-0.25, -0.2) is 4.68 Å². The molecule has 1 amide bonds. The molecule has 0 bridgehead atoms. The Bertz CT molecular complexity index is 1000. The average molecular weight is 548 g/mol. The van der Waals surface area contributed by atoms with Gasteiger partial charge in [0.2, 0.25) is 0 Å². The Kier molecular flexibility index (Phi) is 9.99. The van der Waals surface area contributed by atoms with Crippen LogP contribution in [0.4, 0.5) is 0 Å². The molecule has 9 heteroatoms. The fourth-order valence-corrected chi connectivity index (χ4v) is 3.03. The van der Waals surface area contributed by atoms with Crippen LogP contribution in [0, 0.1) is 0 Å². The van der Waals surface area contributed by atoms with Crippen LogP contribution in [0.5, 0.6) is 5.75 Å². The lowest BCUT2D eigenvalue weighted by Gasteiger charge is -2.21. The van der Waals surface area contributed by atoms with E-state index < -0.39 is 0 Å². The maximum absolute atomic E-state index is 12.1. The van der Waals surface area contributed by atoms with Gasteiger partial charge < -0.3 is 20.6 Å². The first kappa shape index (κ1) is 25.2. The van der Waals surface area contributed by atoms with Gasteiger partial charge in [-0.2, -0.15) is 5.10 Å². The van der Waals surface area contributed by atoms with E-state index >= 15 is 0 Å². The molecule has 170 valence electrons. The fourth-order valence-electron chi connectivity index (χ4n) is 3.03. The molecule has 3 rings (SSSR count). The summed E-state index contributed by atoms with van der Waals surface area (Å²) in [5, 5.41) is 19.9. The second kappa shape index (κ2) is 12.7. The number of hydrogen-bond acceptors (Lipinski definition) is 4. The van der Waals surface area contributed by atoms with Crippen molar-refractivity contribution in [3.05, 3.63) is 78.1 Å². The van der Waals surface area contributed by atoms with Crippen LogP contribution >= 0.6 is 24.0 Å². The van der Waals surface area contributed by atoms with Gasteiger partial charge in [0.1, 0.15) is 5.75 Å². The third-order valence-electron chi connectivity index (χ3n) is 4.56. The zero-order chi connectivity index (χ0) is 22.1. The summed E-state index contributed by atoms with van der Waals surface area (Å²) in [6, 6.07) is 16.1. The monoisotopic (exact) mass is 548 g/mol. The van der Waals surface area contributed by atoms with Crippen molar-refractivity contribution in [2.45, 2.75) is 13.5 Å². The van der Waals surface area contributed by atoms with Gasteiger partial charge in [0.25, 0.3) is 5.91 Å². The predicted molar refractivity (Wildman–Crippen MR) is 137 cm³/mol. The number of aromatic hydroxyl groups is 1. The van der Waals surface area contributed by atoms with Gasteiger partial charge in [0.15, 0.2) is 5.96 Å². The molecule has 0 saturated heterocycles. The number of phenols is 1. The molecule has 0 aliphatic rings. The Hall–Kier alpha value is -3.08. The van der Waals surface area contributed by atoms with Gasteiger partial charge >= 0.3 is 0 Å². The highest BCUT2D eigenvalue weighted by Gasteiger charge is 2.09. The number of amides is 1. The summed E-state index contributed by atoms with van der Waals surface area (Å²) < 4.78 is 1.85. The van der Waals surface area contributed by atoms with E-state index in [9.17, 15) is 9.90 Å². The predicted octanol–water partition coefficient (Wildman–Crippen LogP) is 3.02. The molecule has 0 fully saturated rings. The molecular formula is C23H29IN6O2. The topological polar surface area (TPSA) is 94.8 Å². The molecule has 0 aliphatic heterocycles. The maximum atomic E-state index is 12.1. The first-order valence-electron chi connectivity index (χ1n) is 10.2. The number of benzene rings is 2. The molecule has 0 atom stereocenters. The number of nitrogens with zero attached hydrogens (tertiary/aromatic N) is 4. The van der Waals surface area contributed by atoms with Crippen molar-refractivity contribution >= 4 is 35.8 Å². The summed E-state index contributed by atoms with van der Waals surface area (Å²) in [5.41, 5.74) is 2.58. The van der Waals surface area contributed by atoms with E-state index in [4.69, 9.17) is 0 Å². The van der Waals surface area contributed by atoms with Crippen molar-refractivity contribution < 1.29 is 9.90 Å². The van der Waals surface area contributed by atoms with E-state index in [2.05, 4.69) is 20.7 Å². The number of aliphatic imine (C=N–C) groups is 1. The number of carbonyl (C=O) groups excluding carboxylic acids is 1. The Balaban J connectivity index is 0.00000363. The van der Waals surface area contributed by atoms with Gasteiger partial charge in [-0.05, 0) is 43.3 Å². The van der Waals surface area contributed by atoms with Crippen molar-refractivity contribution in [2.75, 3.05) is 26.7 Å². The Morgan fingerprint density at radius 2 is 1.84 bits per heavy atom. The van der Waals surface area contributed by atoms with E-state index in [-0.39, 0.29) is 35.6 Å². The lowest BCUT2D eigenvalue weighted by Crippen LogP contribution is -2.39. The third-order valence-corrected chi connectivity index (χ3v) is 4.56. The van der Waals surface area contributed by atoms with Crippen LogP contribution in [0.3, 0.4) is 0 Å². The summed E-state index contributed by atoms with van der Waals surface area (Å²) >= 11 is 0. The number of aromatic nitrogens is 2. The van der Waals surface area contributed by atoms with Crippen molar-refractivity contribution in [3.8, 4) is 11.4 Å². The summed E-state index contributed by atoms with van der Waals surface area (Å²) in [7, 11) is 1.97. The SMILES string of the molecule is CCNC(=NCCNC(=O)c1ccc(O)cc1)N(C)Cc1cnn(-c2ccccc2)c1.I. The van der Waals surface area contributed by atoms with Crippen LogP contribution in [0.15, 0.2) is 72.0 Å². The highest BCUT2D eigenvalue weighted by Crippen LogP contribution is 2.10. The number of halogens is 1. The molecule has 3 aromatic rings. The van der Waals surface area contributed by atoms with E-state index in [0.717, 1.165) is 23.8 Å². The van der Waals surface area contributed by atoms with Crippen molar-refractivity contribution in [3.63, 3.8) is 0 Å². The van der Waals surface area contributed by atoms with E-state index in [1.165, 1.54) is 12.1 Å².